The highest BCUT2D eigenvalue weighted by atomic mass is 33.5. The Hall–Kier alpha value is 0.910. The number of hydrogen-bond donors (Lipinski definition) is 0. The summed E-state index contributed by atoms with van der Waals surface area (Å²) >= 11 is 11.1. The highest BCUT2D eigenvalue weighted by Gasteiger charge is 2.17. The molecule has 7 heteroatoms. The number of ether oxygens (including phenoxy) is 1. The first-order valence-corrected chi connectivity index (χ1v) is 12.5. The molecule has 0 N–H and O–H groups in total. The monoisotopic (exact) mass is 316 g/mol. The van der Waals surface area contributed by atoms with Crippen LogP contribution >= 0.6 is 37.8 Å². The van der Waals surface area contributed by atoms with Crippen LogP contribution in [0, 0.1) is 0 Å². The predicted octanol–water partition coefficient (Wildman–Crippen LogP) is 4.18. The van der Waals surface area contributed by atoms with E-state index in [-0.39, 0.29) is 5.97 Å². The molecule has 2 nitrogen and oxygen atoms in total. The maximum absolute atomic E-state index is 10.8. The van der Waals surface area contributed by atoms with E-state index in [1.165, 1.54) is 6.08 Å². The van der Waals surface area contributed by atoms with E-state index in [0.29, 0.717) is 6.61 Å². The van der Waals surface area contributed by atoms with Gasteiger partial charge in [-0.1, -0.05) is 32.2 Å². The lowest BCUT2D eigenvalue weighted by atomic mass is 10.6. The Morgan fingerprint density at radius 1 is 1.38 bits per heavy atom. The maximum atomic E-state index is 10.8. The summed E-state index contributed by atoms with van der Waals surface area (Å²) in [5.74, 6) is 2.50. The SMILES string of the molecule is C=CC(=O)OCCSP(=S)(SCC)SCC. The van der Waals surface area contributed by atoms with Crippen molar-refractivity contribution in [3.63, 3.8) is 0 Å². The fraction of sp³-hybridized carbons (Fsp3) is 0.667. The highest BCUT2D eigenvalue weighted by molar-refractivity contribution is 9.23. The van der Waals surface area contributed by atoms with E-state index in [1.807, 2.05) is 22.8 Å². The summed E-state index contributed by atoms with van der Waals surface area (Å²) in [6.07, 6.45) is 1.18. The molecule has 0 unspecified atom stereocenters. The van der Waals surface area contributed by atoms with Gasteiger partial charge in [0.05, 0.1) is 0 Å². The minimum atomic E-state index is -1.42. The van der Waals surface area contributed by atoms with Crippen LogP contribution in [-0.2, 0) is 21.3 Å². The Morgan fingerprint density at radius 2 is 1.94 bits per heavy atom. The van der Waals surface area contributed by atoms with Crippen molar-refractivity contribution in [3.05, 3.63) is 12.7 Å². The molecule has 0 saturated heterocycles. The zero-order valence-electron chi connectivity index (χ0n) is 9.51. The second-order valence-corrected chi connectivity index (χ2v) is 18.8. The van der Waals surface area contributed by atoms with Crippen molar-refractivity contribution in [2.75, 3.05) is 23.9 Å². The maximum Gasteiger partial charge on any atom is 0.330 e. The van der Waals surface area contributed by atoms with Crippen LogP contribution in [0.5, 0.6) is 0 Å². The van der Waals surface area contributed by atoms with Crippen LogP contribution < -0.4 is 0 Å². The molecule has 0 aliphatic heterocycles. The van der Waals surface area contributed by atoms with Crippen molar-refractivity contribution in [1.82, 2.24) is 0 Å². The van der Waals surface area contributed by atoms with Crippen LogP contribution in [0.15, 0.2) is 12.7 Å². The average Bonchev–Trinajstić information content (AvgIpc) is 2.25. The third-order valence-corrected chi connectivity index (χ3v) is 16.6. The molecule has 0 fully saturated rings. The second kappa shape index (κ2) is 9.89. The number of hydrogen-bond acceptors (Lipinski definition) is 6. The lowest BCUT2D eigenvalue weighted by Gasteiger charge is -2.18. The lowest BCUT2D eigenvalue weighted by Crippen LogP contribution is -2.03. The first-order valence-electron chi connectivity index (χ1n) is 4.90. The summed E-state index contributed by atoms with van der Waals surface area (Å²) in [5.41, 5.74) is 0. The molecule has 0 radical (unpaired) electrons. The fourth-order valence-corrected chi connectivity index (χ4v) is 15.2. The van der Waals surface area contributed by atoms with Gasteiger partial charge in [0.25, 0.3) is 0 Å². The van der Waals surface area contributed by atoms with Crippen molar-refractivity contribution in [2.45, 2.75) is 13.8 Å². The molecular formula is C9H17O2PS4. The molecular weight excluding hydrogens is 299 g/mol. The number of rotatable bonds is 9. The van der Waals surface area contributed by atoms with Crippen LogP contribution in [0.3, 0.4) is 0 Å². The second-order valence-electron chi connectivity index (χ2n) is 2.49. The average molecular weight is 316 g/mol. The number of carbonyl (C=O) groups excluding carboxylic acids is 1. The zero-order valence-corrected chi connectivity index (χ0v) is 13.7. The van der Waals surface area contributed by atoms with Gasteiger partial charge in [0.15, 0.2) is 0 Å². The van der Waals surface area contributed by atoms with Gasteiger partial charge in [-0.15, -0.1) is 34.1 Å². The summed E-state index contributed by atoms with van der Waals surface area (Å²) in [4.78, 5) is 10.8. The third-order valence-electron chi connectivity index (χ3n) is 1.32. The molecule has 0 aliphatic rings. The lowest BCUT2D eigenvalue weighted by molar-refractivity contribution is -0.137. The van der Waals surface area contributed by atoms with Crippen LogP contribution in [0.25, 0.3) is 0 Å². The summed E-state index contributed by atoms with van der Waals surface area (Å²) in [6, 6.07) is 0. The quantitative estimate of drug-likeness (QED) is 0.274. The van der Waals surface area contributed by atoms with Gasteiger partial charge in [-0.05, 0) is 11.5 Å². The molecule has 0 heterocycles. The van der Waals surface area contributed by atoms with E-state index in [9.17, 15) is 4.79 Å². The molecule has 0 spiro atoms. The Morgan fingerprint density at radius 3 is 2.38 bits per heavy atom. The summed E-state index contributed by atoms with van der Waals surface area (Å²) in [6.45, 7) is 8.01. The van der Waals surface area contributed by atoms with Crippen LogP contribution in [0.1, 0.15) is 13.8 Å². The third kappa shape index (κ3) is 8.07. The van der Waals surface area contributed by atoms with Crippen molar-refractivity contribution in [2.24, 2.45) is 0 Å². The van der Waals surface area contributed by atoms with Crippen molar-refractivity contribution in [1.29, 1.82) is 0 Å². The van der Waals surface area contributed by atoms with Crippen molar-refractivity contribution >= 4 is 55.6 Å². The van der Waals surface area contributed by atoms with Crippen LogP contribution in [-0.4, -0.2) is 29.8 Å². The fourth-order valence-electron chi connectivity index (χ4n) is 0.778. The Labute approximate surface area is 115 Å². The summed E-state index contributed by atoms with van der Waals surface area (Å²) in [5, 5.41) is 0. The molecule has 0 saturated carbocycles. The van der Waals surface area contributed by atoms with Gasteiger partial charge in [0.2, 0.25) is 0 Å². The van der Waals surface area contributed by atoms with E-state index in [2.05, 4.69) is 20.4 Å². The van der Waals surface area contributed by atoms with E-state index in [4.69, 9.17) is 16.5 Å². The molecule has 0 aliphatic carbocycles. The van der Waals surface area contributed by atoms with E-state index in [0.717, 1.165) is 17.3 Å². The first kappa shape index (κ1) is 16.9. The zero-order chi connectivity index (χ0) is 12.4. The predicted molar refractivity (Wildman–Crippen MR) is 84.2 cm³/mol. The Balaban J connectivity index is 3.89. The minimum Gasteiger partial charge on any atom is -0.462 e. The van der Waals surface area contributed by atoms with Gasteiger partial charge in [-0.25, -0.2) is 4.79 Å². The normalized spacial score (nSPS) is 11.1. The number of esters is 1. The number of carbonyl (C=O) groups is 1. The standard InChI is InChI=1S/C9H17O2PS4/c1-4-9(10)11-7-8-16-12(13,14-5-2)15-6-3/h4H,1,5-8H2,2-3H3. The largest absolute Gasteiger partial charge is 0.462 e. The van der Waals surface area contributed by atoms with Gasteiger partial charge < -0.3 is 4.74 Å². The van der Waals surface area contributed by atoms with Gasteiger partial charge in [0.1, 0.15) is 10.3 Å². The Bertz CT molecular complexity index is 260. The van der Waals surface area contributed by atoms with Crippen LogP contribution in [0.2, 0.25) is 0 Å². The van der Waals surface area contributed by atoms with Crippen LogP contribution in [0.4, 0.5) is 0 Å². The molecule has 0 amide bonds. The van der Waals surface area contributed by atoms with Crippen molar-refractivity contribution < 1.29 is 9.53 Å². The molecule has 16 heavy (non-hydrogen) atoms. The molecule has 0 atom stereocenters. The van der Waals surface area contributed by atoms with E-state index in [1.54, 1.807) is 11.4 Å². The summed E-state index contributed by atoms with van der Waals surface area (Å²) < 4.78 is 3.50. The Kier molecular flexibility index (Phi) is 10.5. The smallest absolute Gasteiger partial charge is 0.330 e. The molecule has 0 bridgehead atoms. The molecule has 0 aromatic rings. The molecule has 0 aromatic heterocycles. The summed E-state index contributed by atoms with van der Waals surface area (Å²) in [7, 11) is 0. The van der Waals surface area contributed by atoms with Gasteiger partial charge in [0, 0.05) is 11.8 Å². The molecule has 0 aromatic carbocycles. The van der Waals surface area contributed by atoms with E-state index < -0.39 is 3.64 Å². The minimum absolute atomic E-state index is 0.361. The van der Waals surface area contributed by atoms with Gasteiger partial charge in [-0.3, -0.25) is 0 Å². The topological polar surface area (TPSA) is 26.3 Å². The highest BCUT2D eigenvalue weighted by Crippen LogP contribution is 2.77. The van der Waals surface area contributed by atoms with E-state index >= 15 is 0 Å². The van der Waals surface area contributed by atoms with Gasteiger partial charge >= 0.3 is 5.97 Å². The molecule has 94 valence electrons. The first-order chi connectivity index (χ1) is 7.58. The van der Waals surface area contributed by atoms with Crippen molar-refractivity contribution in [3.8, 4) is 0 Å². The molecule has 0 rings (SSSR count). The van der Waals surface area contributed by atoms with Gasteiger partial charge in [-0.2, -0.15) is 0 Å².